The second kappa shape index (κ2) is 5.75. The minimum Gasteiger partial charge on any atom is -0.352 e. The van der Waals surface area contributed by atoms with Crippen molar-refractivity contribution in [1.29, 1.82) is 0 Å². The number of hydrogen-bond acceptors (Lipinski definition) is 2. The van der Waals surface area contributed by atoms with Gasteiger partial charge in [-0.05, 0) is 13.8 Å². The van der Waals surface area contributed by atoms with E-state index in [9.17, 15) is 14.0 Å². The van der Waals surface area contributed by atoms with Gasteiger partial charge in [0.05, 0.1) is 6.54 Å². The molecule has 0 aromatic heterocycles. The van der Waals surface area contributed by atoms with Crippen molar-refractivity contribution in [3.05, 3.63) is 0 Å². The number of nitrogens with one attached hydrogen (secondary N) is 2. The van der Waals surface area contributed by atoms with Gasteiger partial charge in [-0.3, -0.25) is 9.59 Å². The predicted molar refractivity (Wildman–Crippen MR) is 47.0 cm³/mol. The van der Waals surface area contributed by atoms with Crippen LogP contribution >= 0.6 is 11.6 Å². The van der Waals surface area contributed by atoms with Crippen LogP contribution in [0.3, 0.4) is 0 Å². The molecule has 4 nitrogen and oxygen atoms in total. The highest BCUT2D eigenvalue weighted by atomic mass is 35.5. The van der Waals surface area contributed by atoms with Gasteiger partial charge in [0, 0.05) is 6.04 Å². The topological polar surface area (TPSA) is 58.2 Å². The zero-order valence-corrected chi connectivity index (χ0v) is 8.19. The first-order valence-corrected chi connectivity index (χ1v) is 4.22. The molecule has 0 aliphatic carbocycles. The van der Waals surface area contributed by atoms with Crippen LogP contribution in [-0.4, -0.2) is 30.0 Å². The fourth-order valence-corrected chi connectivity index (χ4v) is 0.695. The van der Waals surface area contributed by atoms with E-state index in [4.69, 9.17) is 11.6 Å². The summed E-state index contributed by atoms with van der Waals surface area (Å²) >= 11 is 4.81. The minimum absolute atomic E-state index is 0.0124. The van der Waals surface area contributed by atoms with Gasteiger partial charge in [-0.1, -0.05) is 11.6 Å². The molecule has 0 aliphatic heterocycles. The van der Waals surface area contributed by atoms with Crippen LogP contribution < -0.4 is 10.6 Å². The van der Waals surface area contributed by atoms with Crippen LogP contribution in [0.4, 0.5) is 4.39 Å². The lowest BCUT2D eigenvalue weighted by Gasteiger charge is -2.08. The summed E-state index contributed by atoms with van der Waals surface area (Å²) < 4.78 is 12.0. The van der Waals surface area contributed by atoms with Gasteiger partial charge in [-0.2, -0.15) is 0 Å². The van der Waals surface area contributed by atoms with E-state index in [0.29, 0.717) is 0 Å². The average Bonchev–Trinajstić information content (AvgIpc) is 1.98. The zero-order valence-electron chi connectivity index (χ0n) is 7.43. The number of carbonyl (C=O) groups is 2. The molecular weight excluding hydrogens is 199 g/mol. The molecule has 0 saturated heterocycles. The van der Waals surface area contributed by atoms with E-state index in [-0.39, 0.29) is 18.5 Å². The Morgan fingerprint density at radius 2 is 2.00 bits per heavy atom. The molecule has 2 amide bonds. The first-order chi connectivity index (χ1) is 5.93. The summed E-state index contributed by atoms with van der Waals surface area (Å²) in [4.78, 5) is 21.4. The van der Waals surface area contributed by atoms with E-state index in [1.807, 2.05) is 5.32 Å². The minimum atomic E-state index is -2.10. The highest BCUT2D eigenvalue weighted by Crippen LogP contribution is 1.94. The molecule has 6 heteroatoms. The molecule has 0 bridgehead atoms. The highest BCUT2D eigenvalue weighted by molar-refractivity contribution is 6.29. The summed E-state index contributed by atoms with van der Waals surface area (Å²) in [5.74, 6) is -1.37. The van der Waals surface area contributed by atoms with Crippen molar-refractivity contribution in [2.24, 2.45) is 0 Å². The second-order valence-corrected chi connectivity index (χ2v) is 3.12. The van der Waals surface area contributed by atoms with Crippen LogP contribution in [-0.2, 0) is 9.59 Å². The van der Waals surface area contributed by atoms with Crippen LogP contribution in [0.5, 0.6) is 0 Å². The van der Waals surface area contributed by atoms with Crippen molar-refractivity contribution in [2.45, 2.75) is 25.5 Å². The molecule has 0 spiro atoms. The molecule has 0 fully saturated rings. The Balaban J connectivity index is 3.64. The lowest BCUT2D eigenvalue weighted by Crippen LogP contribution is -2.41. The smallest absolute Gasteiger partial charge is 0.270 e. The maximum absolute atomic E-state index is 12.0. The Morgan fingerprint density at radius 3 is 2.38 bits per heavy atom. The third-order valence-electron chi connectivity index (χ3n) is 1.07. The number of carbonyl (C=O) groups excluding carboxylic acids is 2. The number of amides is 2. The van der Waals surface area contributed by atoms with Crippen LogP contribution in [0.15, 0.2) is 0 Å². The first-order valence-electron chi connectivity index (χ1n) is 3.78. The lowest BCUT2D eigenvalue weighted by atomic mass is 10.4. The lowest BCUT2D eigenvalue weighted by molar-refractivity contribution is -0.127. The summed E-state index contributed by atoms with van der Waals surface area (Å²) in [6.07, 6.45) is 0. The quantitative estimate of drug-likeness (QED) is 0.650. The largest absolute Gasteiger partial charge is 0.352 e. The third-order valence-corrected chi connectivity index (χ3v) is 1.27. The third kappa shape index (κ3) is 6.33. The fraction of sp³-hybridized carbons (Fsp3) is 0.714. The molecule has 1 unspecified atom stereocenters. The molecule has 0 aliphatic rings. The van der Waals surface area contributed by atoms with Gasteiger partial charge in [0.25, 0.3) is 11.5 Å². The Kier molecular flexibility index (Phi) is 5.37. The van der Waals surface area contributed by atoms with Gasteiger partial charge in [0.15, 0.2) is 0 Å². The van der Waals surface area contributed by atoms with Crippen molar-refractivity contribution in [1.82, 2.24) is 10.6 Å². The number of rotatable bonds is 4. The van der Waals surface area contributed by atoms with Crippen LogP contribution in [0.2, 0.25) is 0 Å². The number of alkyl halides is 2. The van der Waals surface area contributed by atoms with E-state index in [2.05, 4.69) is 5.32 Å². The Hall–Kier alpha value is -0.840. The molecule has 0 aromatic carbocycles. The van der Waals surface area contributed by atoms with Crippen LogP contribution in [0.25, 0.3) is 0 Å². The standard InChI is InChI=1S/C7H12ClFN2O2/c1-4(2)11-5(12)3-10-7(13)6(8)9/h4,6H,3H2,1-2H3,(H,10,13)(H,11,12). The molecule has 0 heterocycles. The maximum atomic E-state index is 12.0. The maximum Gasteiger partial charge on any atom is 0.270 e. The van der Waals surface area contributed by atoms with Crippen molar-refractivity contribution in [3.8, 4) is 0 Å². The normalized spacial score (nSPS) is 12.4. The van der Waals surface area contributed by atoms with E-state index in [1.54, 1.807) is 13.8 Å². The fourth-order valence-electron chi connectivity index (χ4n) is 0.618. The van der Waals surface area contributed by atoms with Crippen molar-refractivity contribution in [3.63, 3.8) is 0 Å². The molecule has 0 saturated carbocycles. The van der Waals surface area contributed by atoms with E-state index in [1.165, 1.54) is 0 Å². The molecule has 0 radical (unpaired) electrons. The van der Waals surface area contributed by atoms with Crippen molar-refractivity contribution < 1.29 is 14.0 Å². The highest BCUT2D eigenvalue weighted by Gasteiger charge is 2.13. The predicted octanol–water partition coefficient (Wildman–Crippen LogP) is 0.162. The average molecular weight is 211 g/mol. The SMILES string of the molecule is CC(C)NC(=O)CNC(=O)C(F)Cl. The van der Waals surface area contributed by atoms with E-state index < -0.39 is 11.5 Å². The summed E-state index contributed by atoms with van der Waals surface area (Å²) in [6, 6.07) is -0.0124. The molecule has 13 heavy (non-hydrogen) atoms. The van der Waals surface area contributed by atoms with Gasteiger partial charge in [0.2, 0.25) is 5.91 Å². The molecule has 0 rings (SSSR count). The second-order valence-electron chi connectivity index (χ2n) is 2.74. The van der Waals surface area contributed by atoms with E-state index in [0.717, 1.165) is 0 Å². The summed E-state index contributed by atoms with van der Waals surface area (Å²) in [5.41, 5.74) is -2.10. The molecule has 76 valence electrons. The van der Waals surface area contributed by atoms with E-state index >= 15 is 0 Å². The van der Waals surface area contributed by atoms with Crippen LogP contribution in [0, 0.1) is 0 Å². The summed E-state index contributed by atoms with van der Waals surface area (Å²) in [5, 5.41) is 4.55. The van der Waals surface area contributed by atoms with Gasteiger partial charge >= 0.3 is 0 Å². The first kappa shape index (κ1) is 12.2. The molecule has 1 atom stereocenters. The van der Waals surface area contributed by atoms with Crippen LogP contribution in [0.1, 0.15) is 13.8 Å². The van der Waals surface area contributed by atoms with Crippen molar-refractivity contribution >= 4 is 23.4 Å². The van der Waals surface area contributed by atoms with Crippen molar-refractivity contribution in [2.75, 3.05) is 6.54 Å². The Morgan fingerprint density at radius 1 is 1.46 bits per heavy atom. The summed E-state index contributed by atoms with van der Waals surface area (Å²) in [7, 11) is 0. The van der Waals surface area contributed by atoms with Gasteiger partial charge < -0.3 is 10.6 Å². The number of halogens is 2. The zero-order chi connectivity index (χ0) is 10.4. The summed E-state index contributed by atoms with van der Waals surface area (Å²) in [6.45, 7) is 3.29. The van der Waals surface area contributed by atoms with Gasteiger partial charge in [-0.25, -0.2) is 4.39 Å². The molecule has 2 N–H and O–H groups in total. The van der Waals surface area contributed by atoms with Gasteiger partial charge in [-0.15, -0.1) is 0 Å². The number of hydrogen-bond donors (Lipinski definition) is 2. The Bertz CT molecular complexity index is 197. The van der Waals surface area contributed by atoms with Gasteiger partial charge in [0.1, 0.15) is 0 Å². The molecular formula is C7H12ClFN2O2. The Labute approximate surface area is 80.8 Å². The monoisotopic (exact) mass is 210 g/mol. The molecule has 0 aromatic rings.